The van der Waals surface area contributed by atoms with Crippen molar-refractivity contribution in [1.29, 1.82) is 0 Å². The number of rotatable bonds is 12. The molecule has 0 fully saturated rings. The molecule has 0 bridgehead atoms. The van der Waals surface area contributed by atoms with Gasteiger partial charge in [-0.05, 0) is 189 Å². The van der Waals surface area contributed by atoms with Crippen LogP contribution in [0.5, 0.6) is 0 Å². The van der Waals surface area contributed by atoms with Crippen molar-refractivity contribution >= 4 is 43.7 Å². The third kappa shape index (κ3) is 10.5. The molecule has 14 heteroatoms. The van der Waals surface area contributed by atoms with Gasteiger partial charge in [0.1, 0.15) is 20.9 Å². The van der Waals surface area contributed by atoms with E-state index in [1.807, 2.05) is 89.3 Å². The molecule has 2 atom stereocenters. The maximum Gasteiger partial charge on any atom is 0.254 e. The second kappa shape index (κ2) is 21.4. The number of sulfone groups is 1. The molecule has 2 aliphatic heterocycles. The minimum Gasteiger partial charge on any atom is -0.334 e. The van der Waals surface area contributed by atoms with Crippen LogP contribution in [0.1, 0.15) is 131 Å². The molecule has 6 aromatic carbocycles. The van der Waals surface area contributed by atoms with E-state index in [2.05, 4.69) is 103 Å². The van der Waals surface area contributed by atoms with Gasteiger partial charge in [-0.3, -0.25) is 9.59 Å². The third-order valence-corrected chi connectivity index (χ3v) is 16.7. The van der Waals surface area contributed by atoms with Crippen LogP contribution in [0.4, 0.5) is 0 Å². The maximum atomic E-state index is 13.4. The summed E-state index contributed by atoms with van der Waals surface area (Å²) in [5.41, 5.74) is 27.8. The normalized spacial score (nSPS) is 14.4. The summed E-state index contributed by atoms with van der Waals surface area (Å²) in [6.45, 7) is 21.1. The largest absolute Gasteiger partial charge is 0.334 e. The molecule has 0 spiro atoms. The minimum atomic E-state index is -3.15. The summed E-state index contributed by atoms with van der Waals surface area (Å²) < 4.78 is 28.2. The van der Waals surface area contributed by atoms with Gasteiger partial charge in [0.2, 0.25) is 0 Å². The first kappa shape index (κ1) is 51.9. The Morgan fingerprint density at radius 3 is 1.43 bits per heavy atom. The Balaban J connectivity index is 0.000000183. The average Bonchev–Trinajstić information content (AvgIpc) is 4.03. The van der Waals surface area contributed by atoms with Gasteiger partial charge in [0.05, 0.1) is 16.8 Å². The van der Waals surface area contributed by atoms with Crippen molar-refractivity contribution < 1.29 is 18.0 Å². The summed E-state index contributed by atoms with van der Waals surface area (Å²) in [5.74, 6) is 0.169. The summed E-state index contributed by atoms with van der Waals surface area (Å²) in [6, 6.07) is 33.4. The van der Waals surface area contributed by atoms with Crippen LogP contribution in [0, 0.1) is 41.5 Å². The molecule has 2 aromatic heterocycles. The number of aromatic nitrogens is 6. The Morgan fingerprint density at radius 1 is 0.568 bits per heavy atom. The molecule has 2 aliphatic rings. The predicted octanol–water partition coefficient (Wildman–Crippen LogP) is 9.81. The molecule has 2 amide bonds. The Bertz CT molecular complexity index is 3560. The number of carbonyl (C=O) groups excluding carboxylic acids is 2. The van der Waals surface area contributed by atoms with Crippen LogP contribution in [-0.4, -0.2) is 91.7 Å². The van der Waals surface area contributed by atoms with E-state index in [4.69, 9.17) is 5.73 Å². The second-order valence-electron chi connectivity index (χ2n) is 20.5. The highest BCUT2D eigenvalue weighted by Gasteiger charge is 2.28. The van der Waals surface area contributed by atoms with Gasteiger partial charge >= 0.3 is 0 Å². The smallest absolute Gasteiger partial charge is 0.254 e. The molecule has 13 nitrogen and oxygen atoms in total. The molecular weight excluding hydrogens is 943 g/mol. The van der Waals surface area contributed by atoms with Crippen molar-refractivity contribution in [3.8, 4) is 0 Å². The topological polar surface area (TPSA) is 162 Å². The number of aryl methyl sites for hydroxylation is 8. The first-order chi connectivity index (χ1) is 35.5. The highest BCUT2D eigenvalue weighted by molar-refractivity contribution is 7.90. The zero-order valence-electron chi connectivity index (χ0n) is 44.4. The Labute approximate surface area is 435 Å². The van der Waals surface area contributed by atoms with Crippen molar-refractivity contribution in [1.82, 2.24) is 39.8 Å². The van der Waals surface area contributed by atoms with Gasteiger partial charge in [-0.25, -0.2) is 17.8 Å². The van der Waals surface area contributed by atoms with Crippen LogP contribution in [-0.2, 0) is 48.9 Å². The van der Waals surface area contributed by atoms with Gasteiger partial charge < -0.3 is 15.5 Å². The fourth-order valence-corrected chi connectivity index (χ4v) is 11.6. The highest BCUT2D eigenvalue weighted by atomic mass is 32.2. The fraction of sp³-hybridized carbons (Fsp3) is 0.367. The first-order valence-corrected chi connectivity index (χ1v) is 28.0. The molecule has 8 aromatic rings. The lowest BCUT2D eigenvalue weighted by Crippen LogP contribution is -2.36. The third-order valence-electron chi connectivity index (χ3n) is 15.7. The molecule has 384 valence electrons. The van der Waals surface area contributed by atoms with E-state index >= 15 is 0 Å². The van der Waals surface area contributed by atoms with Gasteiger partial charge in [0.25, 0.3) is 11.8 Å². The number of hydrogen-bond acceptors (Lipinski definition) is 9. The Morgan fingerprint density at radius 2 is 1.01 bits per heavy atom. The van der Waals surface area contributed by atoms with E-state index in [1.165, 1.54) is 45.2 Å². The maximum absolute atomic E-state index is 13.4. The van der Waals surface area contributed by atoms with Crippen molar-refractivity contribution in [2.75, 3.05) is 31.6 Å². The number of benzene rings is 6. The molecule has 0 radical (unpaired) electrons. The number of nitrogens with zero attached hydrogens (tertiary/aromatic N) is 8. The summed E-state index contributed by atoms with van der Waals surface area (Å²) in [6.07, 6.45) is 3.42. The molecule has 10 rings (SSSR count). The molecule has 74 heavy (non-hydrogen) atoms. The summed E-state index contributed by atoms with van der Waals surface area (Å²) >= 11 is 0. The number of carbonyl (C=O) groups is 2. The zero-order valence-corrected chi connectivity index (χ0v) is 45.2. The second-order valence-corrected chi connectivity index (χ2v) is 22.7. The van der Waals surface area contributed by atoms with Crippen LogP contribution >= 0.6 is 0 Å². The lowest BCUT2D eigenvalue weighted by Gasteiger charge is -2.30. The molecule has 4 heterocycles. The number of fused-ring (bicyclic) bond motifs is 4. The number of amides is 2. The van der Waals surface area contributed by atoms with Crippen molar-refractivity contribution in [2.45, 2.75) is 113 Å². The molecule has 0 saturated carbocycles. The van der Waals surface area contributed by atoms with Crippen molar-refractivity contribution in [3.63, 3.8) is 0 Å². The van der Waals surface area contributed by atoms with Crippen LogP contribution in [0.2, 0.25) is 0 Å². The van der Waals surface area contributed by atoms with E-state index in [-0.39, 0.29) is 29.4 Å². The summed E-state index contributed by atoms with van der Waals surface area (Å²) in [5, 5.41) is 17.4. The van der Waals surface area contributed by atoms with Gasteiger partial charge in [0, 0.05) is 75.0 Å². The standard InChI is InChI=1S/C31H36N4O3S.C29H33N5O/c1-6-35-29-12-11-27(22(4)30(29)32-33-35)28(14-16-39(5,37)38)24-10-9-23-13-15-34(19-26(23)18-24)31(36)25-8-7-20(2)21(3)17-25;1-5-34-27-11-10-25(20(4)28(27)31-32-34)26(16-30)22-9-8-21-12-13-33(17-24(21)15-22)29(35)23-7-6-18(2)19(3)14-23/h7-12,17-18,28H,6,13-16,19H2,1-5H3;6-11,14-15,26H,5,12-13,16-17,30H2,1-4H3/t28-;26-/m00/s1. The van der Waals surface area contributed by atoms with E-state index < -0.39 is 9.84 Å². The highest BCUT2D eigenvalue weighted by Crippen LogP contribution is 2.37. The minimum absolute atomic E-state index is 0.0445. The zero-order chi connectivity index (χ0) is 52.6. The van der Waals surface area contributed by atoms with Gasteiger partial charge in [-0.2, -0.15) is 0 Å². The predicted molar refractivity (Wildman–Crippen MR) is 295 cm³/mol. The SMILES string of the molecule is CCn1nnc2c(C)c([C@@H](CCS(C)(=O)=O)c3ccc4c(c3)CN(C(=O)c3ccc(C)c(C)c3)CC4)ccc21.CCn1nnc2c(C)c([C@@H](CN)c3ccc4c(c3)CN(C(=O)c3ccc(C)c(C)c3)CC4)ccc21. The first-order valence-electron chi connectivity index (χ1n) is 26.0. The van der Waals surface area contributed by atoms with E-state index in [0.29, 0.717) is 38.2 Å². The lowest BCUT2D eigenvalue weighted by atomic mass is 9.84. The monoisotopic (exact) mass is 1010 g/mol. The van der Waals surface area contributed by atoms with Gasteiger partial charge in [-0.1, -0.05) is 71.1 Å². The molecule has 0 unspecified atom stereocenters. The molecule has 0 saturated heterocycles. The average molecular weight is 1010 g/mol. The fourth-order valence-electron chi connectivity index (χ4n) is 10.9. The van der Waals surface area contributed by atoms with Crippen molar-refractivity contribution in [2.24, 2.45) is 5.73 Å². The van der Waals surface area contributed by atoms with E-state index in [0.717, 1.165) is 99.1 Å². The lowest BCUT2D eigenvalue weighted by molar-refractivity contribution is 0.0727. The van der Waals surface area contributed by atoms with Crippen LogP contribution in [0.3, 0.4) is 0 Å². The van der Waals surface area contributed by atoms with E-state index in [9.17, 15) is 18.0 Å². The van der Waals surface area contributed by atoms with Gasteiger partial charge in [-0.15, -0.1) is 10.2 Å². The van der Waals surface area contributed by atoms with Gasteiger partial charge in [0.15, 0.2) is 0 Å². The van der Waals surface area contributed by atoms with Crippen LogP contribution < -0.4 is 5.73 Å². The van der Waals surface area contributed by atoms with E-state index in [1.54, 1.807) is 0 Å². The number of nitrogens with two attached hydrogens (primary N) is 1. The molecule has 0 aliphatic carbocycles. The Kier molecular flexibility index (Phi) is 15.0. The van der Waals surface area contributed by atoms with Crippen LogP contribution in [0.15, 0.2) is 97.1 Å². The quantitative estimate of drug-likeness (QED) is 0.126. The molecule has 2 N–H and O–H groups in total. The summed E-state index contributed by atoms with van der Waals surface area (Å²) in [7, 11) is -3.15. The summed E-state index contributed by atoms with van der Waals surface area (Å²) in [4.78, 5) is 30.5. The Hall–Kier alpha value is -7.03. The number of hydrogen-bond donors (Lipinski definition) is 1. The van der Waals surface area contributed by atoms with Crippen LogP contribution in [0.25, 0.3) is 22.1 Å². The molecular formula is C60H69N9O4S. The van der Waals surface area contributed by atoms with Crippen molar-refractivity contribution in [3.05, 3.63) is 186 Å².